The van der Waals surface area contributed by atoms with Gasteiger partial charge in [0.15, 0.2) is 11.0 Å². The van der Waals surface area contributed by atoms with Crippen LogP contribution in [0, 0.1) is 0 Å². The first-order chi connectivity index (χ1) is 14.0. The Morgan fingerprint density at radius 2 is 1.83 bits per heavy atom. The van der Waals surface area contributed by atoms with Crippen LogP contribution in [0.15, 0.2) is 53.7 Å². The third kappa shape index (κ3) is 5.17. The van der Waals surface area contributed by atoms with Gasteiger partial charge >= 0.3 is 0 Å². The third-order valence-corrected chi connectivity index (χ3v) is 5.80. The fraction of sp³-hybridized carbons (Fsp3) is 0.318. The van der Waals surface area contributed by atoms with Crippen LogP contribution in [0.2, 0.25) is 0 Å². The lowest BCUT2D eigenvalue weighted by Gasteiger charge is -2.14. The smallest absolute Gasteiger partial charge is 0.230 e. The van der Waals surface area contributed by atoms with Gasteiger partial charge in [-0.1, -0.05) is 43.0 Å². The quantitative estimate of drug-likeness (QED) is 0.568. The molecule has 1 heterocycles. The Hall–Kier alpha value is -2.80. The zero-order valence-electron chi connectivity index (χ0n) is 17.2. The number of ether oxygens (including phenoxy) is 1. The van der Waals surface area contributed by atoms with Crippen molar-refractivity contribution < 1.29 is 9.53 Å². The minimum Gasteiger partial charge on any atom is -0.497 e. The average Bonchev–Trinajstić information content (AvgIpc) is 3.12. The zero-order valence-corrected chi connectivity index (χ0v) is 18.0. The van der Waals surface area contributed by atoms with E-state index in [-0.39, 0.29) is 17.7 Å². The van der Waals surface area contributed by atoms with Crippen molar-refractivity contribution in [1.29, 1.82) is 0 Å². The maximum atomic E-state index is 12.4. The molecule has 0 spiro atoms. The second-order valence-corrected chi connectivity index (χ2v) is 7.71. The van der Waals surface area contributed by atoms with E-state index < -0.39 is 0 Å². The molecule has 0 bridgehead atoms. The number of nitrogens with zero attached hydrogens (tertiary/aromatic N) is 3. The Balaban J connectivity index is 1.57. The van der Waals surface area contributed by atoms with Crippen LogP contribution in [-0.4, -0.2) is 33.5 Å². The molecule has 1 N–H and O–H groups in total. The van der Waals surface area contributed by atoms with Crippen molar-refractivity contribution in [3.8, 4) is 17.1 Å². The van der Waals surface area contributed by atoms with Crippen LogP contribution in [0.5, 0.6) is 5.75 Å². The average molecular weight is 411 g/mol. The van der Waals surface area contributed by atoms with Gasteiger partial charge in [-0.25, -0.2) is 0 Å². The van der Waals surface area contributed by atoms with Crippen LogP contribution in [0.1, 0.15) is 31.0 Å². The van der Waals surface area contributed by atoms with Crippen LogP contribution in [0.25, 0.3) is 11.4 Å². The second-order valence-electron chi connectivity index (χ2n) is 6.77. The number of carbonyl (C=O) groups excluding carboxylic acids is 1. The summed E-state index contributed by atoms with van der Waals surface area (Å²) in [6, 6.07) is 16.0. The number of methoxy groups -OCH3 is 1. The van der Waals surface area contributed by atoms with Gasteiger partial charge < -0.3 is 14.6 Å². The Morgan fingerprint density at radius 3 is 2.45 bits per heavy atom. The molecule has 0 saturated heterocycles. The number of benzene rings is 2. The van der Waals surface area contributed by atoms with Crippen molar-refractivity contribution in [1.82, 2.24) is 20.1 Å². The van der Waals surface area contributed by atoms with E-state index in [9.17, 15) is 4.79 Å². The fourth-order valence-electron chi connectivity index (χ4n) is 2.97. The molecule has 1 aromatic heterocycles. The van der Waals surface area contributed by atoms with Gasteiger partial charge in [-0.15, -0.1) is 10.2 Å². The molecule has 0 saturated carbocycles. The number of aryl methyl sites for hydroxylation is 1. The maximum Gasteiger partial charge on any atom is 0.230 e. The van der Waals surface area contributed by atoms with Crippen molar-refractivity contribution in [3.05, 3.63) is 59.7 Å². The van der Waals surface area contributed by atoms with Gasteiger partial charge in [-0.3, -0.25) is 4.79 Å². The molecular weight excluding hydrogens is 384 g/mol. The highest BCUT2D eigenvalue weighted by atomic mass is 32.2. The number of thioether (sulfide) groups is 1. The summed E-state index contributed by atoms with van der Waals surface area (Å²) < 4.78 is 7.08. The summed E-state index contributed by atoms with van der Waals surface area (Å²) in [6.07, 6.45) is 1.01. The zero-order chi connectivity index (χ0) is 20.8. The van der Waals surface area contributed by atoms with Gasteiger partial charge in [0.25, 0.3) is 0 Å². The molecule has 3 rings (SSSR count). The number of rotatable bonds is 8. The molecule has 1 unspecified atom stereocenters. The SMILES string of the molecule is CCc1ccc(C(C)NC(=O)CSc2nnc(-c3ccc(OC)cc3)n2C)cc1. The standard InChI is InChI=1S/C22H26N4O2S/c1-5-16-6-8-17(9-7-16)15(2)23-20(27)14-29-22-25-24-21(26(22)3)18-10-12-19(28-4)13-11-18/h6-13,15H,5,14H2,1-4H3,(H,23,27). The summed E-state index contributed by atoms with van der Waals surface area (Å²) >= 11 is 1.37. The second kappa shape index (κ2) is 9.60. The minimum absolute atomic E-state index is 0.0314. The summed E-state index contributed by atoms with van der Waals surface area (Å²) in [7, 11) is 3.54. The predicted octanol–water partition coefficient (Wildman–Crippen LogP) is 4.02. The molecule has 6 nitrogen and oxygen atoms in total. The van der Waals surface area contributed by atoms with E-state index in [0.717, 1.165) is 29.1 Å². The van der Waals surface area contributed by atoms with Crippen molar-refractivity contribution in [2.45, 2.75) is 31.5 Å². The minimum atomic E-state index is -0.0386. The van der Waals surface area contributed by atoms with Crippen LogP contribution < -0.4 is 10.1 Å². The number of amides is 1. The highest BCUT2D eigenvalue weighted by Crippen LogP contribution is 2.24. The Kier molecular flexibility index (Phi) is 6.93. The maximum absolute atomic E-state index is 12.4. The third-order valence-electron chi connectivity index (χ3n) is 4.78. The van der Waals surface area contributed by atoms with Crippen LogP contribution in [-0.2, 0) is 18.3 Å². The van der Waals surface area contributed by atoms with Crippen molar-refractivity contribution in [2.75, 3.05) is 12.9 Å². The molecule has 0 fully saturated rings. The Bertz CT molecular complexity index is 952. The molecular formula is C22H26N4O2S. The van der Waals surface area contributed by atoms with E-state index in [1.807, 2.05) is 42.8 Å². The van der Waals surface area contributed by atoms with Gasteiger partial charge in [0, 0.05) is 12.6 Å². The molecule has 0 aliphatic rings. The first-order valence-electron chi connectivity index (χ1n) is 9.56. The lowest BCUT2D eigenvalue weighted by molar-refractivity contribution is -0.119. The lowest BCUT2D eigenvalue weighted by atomic mass is 10.1. The van der Waals surface area contributed by atoms with Gasteiger partial charge in [0.2, 0.25) is 5.91 Å². The largest absolute Gasteiger partial charge is 0.497 e. The summed E-state index contributed by atoms with van der Waals surface area (Å²) in [5, 5.41) is 12.2. The van der Waals surface area contributed by atoms with Crippen molar-refractivity contribution >= 4 is 17.7 Å². The van der Waals surface area contributed by atoms with E-state index >= 15 is 0 Å². The van der Waals surface area contributed by atoms with Crippen LogP contribution in [0.4, 0.5) is 0 Å². The molecule has 1 atom stereocenters. The van der Waals surface area contributed by atoms with E-state index in [1.54, 1.807) is 7.11 Å². The normalized spacial score (nSPS) is 11.9. The number of hydrogen-bond donors (Lipinski definition) is 1. The molecule has 0 radical (unpaired) electrons. The van der Waals surface area contributed by atoms with E-state index in [2.05, 4.69) is 46.7 Å². The number of carbonyl (C=O) groups is 1. The van der Waals surface area contributed by atoms with Gasteiger partial charge in [0.1, 0.15) is 5.75 Å². The Morgan fingerprint density at radius 1 is 1.14 bits per heavy atom. The molecule has 152 valence electrons. The fourth-order valence-corrected chi connectivity index (χ4v) is 3.69. The monoisotopic (exact) mass is 410 g/mol. The number of nitrogens with one attached hydrogen (secondary N) is 1. The summed E-state index contributed by atoms with van der Waals surface area (Å²) in [6.45, 7) is 4.12. The van der Waals surface area contributed by atoms with Crippen molar-refractivity contribution in [3.63, 3.8) is 0 Å². The summed E-state index contributed by atoms with van der Waals surface area (Å²) in [4.78, 5) is 12.4. The Labute approximate surface area is 175 Å². The molecule has 1 amide bonds. The van der Waals surface area contributed by atoms with E-state index in [4.69, 9.17) is 4.74 Å². The number of hydrogen-bond acceptors (Lipinski definition) is 5. The highest BCUT2D eigenvalue weighted by Gasteiger charge is 2.14. The first kappa shape index (κ1) is 20.9. The van der Waals surface area contributed by atoms with E-state index in [0.29, 0.717) is 5.16 Å². The lowest BCUT2D eigenvalue weighted by Crippen LogP contribution is -2.28. The van der Waals surface area contributed by atoms with Crippen LogP contribution in [0.3, 0.4) is 0 Å². The van der Waals surface area contributed by atoms with Crippen LogP contribution >= 0.6 is 11.8 Å². The molecule has 2 aromatic carbocycles. The van der Waals surface area contributed by atoms with E-state index in [1.165, 1.54) is 17.3 Å². The summed E-state index contributed by atoms with van der Waals surface area (Å²) in [5.74, 6) is 1.79. The molecule has 29 heavy (non-hydrogen) atoms. The summed E-state index contributed by atoms with van der Waals surface area (Å²) in [5.41, 5.74) is 3.33. The first-order valence-corrected chi connectivity index (χ1v) is 10.5. The van der Waals surface area contributed by atoms with Gasteiger partial charge in [0.05, 0.1) is 18.9 Å². The molecule has 3 aromatic rings. The molecule has 0 aliphatic heterocycles. The molecule has 0 aliphatic carbocycles. The highest BCUT2D eigenvalue weighted by molar-refractivity contribution is 7.99. The van der Waals surface area contributed by atoms with Gasteiger partial charge in [-0.2, -0.15) is 0 Å². The predicted molar refractivity (Wildman–Crippen MR) is 116 cm³/mol. The number of aromatic nitrogens is 3. The molecule has 7 heteroatoms. The van der Waals surface area contributed by atoms with Gasteiger partial charge in [-0.05, 0) is 48.7 Å². The van der Waals surface area contributed by atoms with Crippen molar-refractivity contribution in [2.24, 2.45) is 7.05 Å². The topological polar surface area (TPSA) is 69.0 Å².